The number of nitrogens with zero attached hydrogens (tertiary/aromatic N) is 2. The highest BCUT2D eigenvalue weighted by Gasteiger charge is 2.31. The van der Waals surface area contributed by atoms with Crippen LogP contribution in [-0.2, 0) is 9.84 Å². The molecule has 1 atom stereocenters. The van der Waals surface area contributed by atoms with Crippen LogP contribution in [-0.4, -0.2) is 36.4 Å². The normalized spacial score (nSPS) is 21.5. The summed E-state index contributed by atoms with van der Waals surface area (Å²) in [6, 6.07) is 0. The van der Waals surface area contributed by atoms with E-state index < -0.39 is 15.7 Å². The second kappa shape index (κ2) is 5.40. The summed E-state index contributed by atoms with van der Waals surface area (Å²) < 4.78 is 36.8. The van der Waals surface area contributed by atoms with Crippen molar-refractivity contribution in [1.82, 2.24) is 9.97 Å². The Hall–Kier alpha value is -1.24. The lowest BCUT2D eigenvalue weighted by molar-refractivity contribution is 0.589. The monoisotopic (exact) mass is 287 g/mol. The first-order chi connectivity index (χ1) is 8.93. The summed E-state index contributed by atoms with van der Waals surface area (Å²) in [5.74, 6) is 0.150. The molecule has 0 amide bonds. The second-order valence-electron chi connectivity index (χ2n) is 4.86. The molecular formula is C12H18FN3O2S. The number of sulfone groups is 1. The minimum Gasteiger partial charge on any atom is -0.368 e. The number of aryl methyl sites for hydroxylation is 1. The van der Waals surface area contributed by atoms with Gasteiger partial charge in [0.25, 0.3) is 0 Å². The topological polar surface area (TPSA) is 72.0 Å². The van der Waals surface area contributed by atoms with Crippen molar-refractivity contribution in [3.05, 3.63) is 17.3 Å². The molecular weight excluding hydrogens is 269 g/mol. The van der Waals surface area contributed by atoms with Crippen molar-refractivity contribution >= 4 is 15.7 Å². The van der Waals surface area contributed by atoms with E-state index in [2.05, 4.69) is 15.3 Å². The van der Waals surface area contributed by atoms with Gasteiger partial charge < -0.3 is 5.32 Å². The van der Waals surface area contributed by atoms with E-state index in [1.165, 1.54) is 0 Å². The molecule has 1 fully saturated rings. The molecule has 1 unspecified atom stereocenters. The molecule has 0 aliphatic carbocycles. The van der Waals surface area contributed by atoms with Crippen molar-refractivity contribution in [2.24, 2.45) is 0 Å². The molecule has 2 heterocycles. The van der Waals surface area contributed by atoms with E-state index in [9.17, 15) is 12.8 Å². The first-order valence-corrected chi connectivity index (χ1v) is 8.23. The van der Waals surface area contributed by atoms with Crippen molar-refractivity contribution < 1.29 is 12.8 Å². The van der Waals surface area contributed by atoms with E-state index in [4.69, 9.17) is 0 Å². The van der Waals surface area contributed by atoms with Crippen LogP contribution >= 0.6 is 0 Å². The molecule has 0 radical (unpaired) electrons. The highest BCUT2D eigenvalue weighted by Crippen LogP contribution is 2.28. The Morgan fingerprint density at radius 1 is 1.42 bits per heavy atom. The molecule has 0 spiro atoms. The number of nitrogens with one attached hydrogen (secondary N) is 1. The van der Waals surface area contributed by atoms with E-state index in [1.54, 1.807) is 6.92 Å². The number of anilines is 1. The van der Waals surface area contributed by atoms with Gasteiger partial charge in [0.05, 0.1) is 17.2 Å². The largest absolute Gasteiger partial charge is 0.368 e. The van der Waals surface area contributed by atoms with Crippen LogP contribution in [0.25, 0.3) is 0 Å². The second-order valence-corrected chi connectivity index (χ2v) is 7.09. The quantitative estimate of drug-likeness (QED) is 0.911. The Labute approximate surface area is 112 Å². The molecule has 106 valence electrons. The highest BCUT2D eigenvalue weighted by atomic mass is 32.2. The van der Waals surface area contributed by atoms with Crippen LogP contribution in [0.15, 0.2) is 0 Å². The Bertz CT molecular complexity index is 575. The van der Waals surface area contributed by atoms with Gasteiger partial charge in [-0.2, -0.15) is 0 Å². The molecule has 2 rings (SSSR count). The average molecular weight is 287 g/mol. The number of hydrogen-bond acceptors (Lipinski definition) is 5. The van der Waals surface area contributed by atoms with E-state index >= 15 is 0 Å². The molecule has 1 aromatic rings. The molecule has 7 heteroatoms. The molecule has 1 aromatic heterocycles. The maximum atomic E-state index is 13.8. The molecule has 19 heavy (non-hydrogen) atoms. The Morgan fingerprint density at radius 2 is 2.16 bits per heavy atom. The first kappa shape index (κ1) is 14.2. The average Bonchev–Trinajstić information content (AvgIpc) is 2.71. The number of rotatable bonds is 4. The summed E-state index contributed by atoms with van der Waals surface area (Å²) >= 11 is 0. The van der Waals surface area contributed by atoms with Crippen molar-refractivity contribution in [2.45, 2.75) is 32.6 Å². The van der Waals surface area contributed by atoms with Gasteiger partial charge in [-0.3, -0.25) is 0 Å². The van der Waals surface area contributed by atoms with Gasteiger partial charge in [-0.15, -0.1) is 0 Å². The Kier molecular flexibility index (Phi) is 4.03. The summed E-state index contributed by atoms with van der Waals surface area (Å²) in [6.45, 7) is 4.17. The van der Waals surface area contributed by atoms with Gasteiger partial charge in [0.15, 0.2) is 21.5 Å². The Morgan fingerprint density at radius 3 is 2.74 bits per heavy atom. The lowest BCUT2D eigenvalue weighted by Crippen LogP contribution is -2.13. The summed E-state index contributed by atoms with van der Waals surface area (Å²) in [5.41, 5.74) is 0.257. The van der Waals surface area contributed by atoms with E-state index in [0.29, 0.717) is 18.8 Å². The minimum absolute atomic E-state index is 0.0608. The van der Waals surface area contributed by atoms with Gasteiger partial charge in [-0.1, -0.05) is 6.92 Å². The smallest absolute Gasteiger partial charge is 0.186 e. The minimum atomic E-state index is -2.99. The van der Waals surface area contributed by atoms with Gasteiger partial charge >= 0.3 is 0 Å². The third-order valence-corrected chi connectivity index (χ3v) is 4.94. The fraction of sp³-hybridized carbons (Fsp3) is 0.667. The fourth-order valence-corrected chi connectivity index (χ4v) is 3.86. The predicted molar refractivity (Wildman–Crippen MR) is 71.5 cm³/mol. The molecule has 1 saturated heterocycles. The van der Waals surface area contributed by atoms with Crippen molar-refractivity contribution in [3.8, 4) is 0 Å². The van der Waals surface area contributed by atoms with E-state index in [0.717, 1.165) is 6.42 Å². The van der Waals surface area contributed by atoms with Crippen molar-refractivity contribution in [3.63, 3.8) is 0 Å². The molecule has 1 aliphatic heterocycles. The van der Waals surface area contributed by atoms with Crippen LogP contribution in [0.3, 0.4) is 0 Å². The summed E-state index contributed by atoms with van der Waals surface area (Å²) in [6.07, 6.45) is 1.37. The predicted octanol–water partition coefficient (Wildman–Crippen LogP) is 1.65. The molecule has 0 bridgehead atoms. The highest BCUT2D eigenvalue weighted by molar-refractivity contribution is 7.91. The molecule has 1 aliphatic rings. The van der Waals surface area contributed by atoms with Gasteiger partial charge in [-0.05, 0) is 19.8 Å². The molecule has 1 N–H and O–H groups in total. The van der Waals surface area contributed by atoms with Gasteiger partial charge in [0, 0.05) is 12.5 Å². The summed E-state index contributed by atoms with van der Waals surface area (Å²) in [5, 5.41) is 2.91. The maximum absolute atomic E-state index is 13.8. The molecule has 0 saturated carbocycles. The zero-order chi connectivity index (χ0) is 14.0. The van der Waals surface area contributed by atoms with Gasteiger partial charge in [0.1, 0.15) is 5.82 Å². The third-order valence-electron chi connectivity index (χ3n) is 3.17. The zero-order valence-corrected chi connectivity index (χ0v) is 11.9. The number of hydrogen-bond donors (Lipinski definition) is 1. The zero-order valence-electron chi connectivity index (χ0n) is 11.1. The lowest BCUT2D eigenvalue weighted by atomic mass is 10.1. The van der Waals surface area contributed by atoms with Crippen molar-refractivity contribution in [2.75, 3.05) is 23.4 Å². The maximum Gasteiger partial charge on any atom is 0.186 e. The van der Waals surface area contributed by atoms with Gasteiger partial charge in [-0.25, -0.2) is 22.8 Å². The summed E-state index contributed by atoms with van der Waals surface area (Å²) in [4.78, 5) is 8.25. The third kappa shape index (κ3) is 3.20. The number of halogens is 1. The first-order valence-electron chi connectivity index (χ1n) is 6.41. The van der Waals surface area contributed by atoms with Crippen LogP contribution in [0.5, 0.6) is 0 Å². The van der Waals surface area contributed by atoms with Crippen LogP contribution in [0.2, 0.25) is 0 Å². The molecule has 5 nitrogen and oxygen atoms in total. The Balaban J connectivity index is 2.29. The van der Waals surface area contributed by atoms with Crippen LogP contribution < -0.4 is 5.32 Å². The van der Waals surface area contributed by atoms with Crippen LogP contribution in [0.1, 0.15) is 37.2 Å². The SMILES string of the molecule is CCCNc1nc(C2CCS(=O)(=O)C2)nc(C)c1F. The number of aromatic nitrogens is 2. The molecule has 0 aromatic carbocycles. The fourth-order valence-electron chi connectivity index (χ4n) is 2.12. The van der Waals surface area contributed by atoms with E-state index in [-0.39, 0.29) is 28.9 Å². The standard InChI is InChI=1S/C12H18FN3O2S/c1-3-5-14-12-10(13)8(2)15-11(16-12)9-4-6-19(17,18)7-9/h9H,3-7H2,1-2H3,(H,14,15,16). The van der Waals surface area contributed by atoms with E-state index in [1.807, 2.05) is 6.92 Å². The van der Waals surface area contributed by atoms with Crippen molar-refractivity contribution in [1.29, 1.82) is 0 Å². The summed E-state index contributed by atoms with van der Waals surface area (Å²) in [7, 11) is -2.99. The lowest BCUT2D eigenvalue weighted by Gasteiger charge is -2.12. The van der Waals surface area contributed by atoms with Gasteiger partial charge in [0.2, 0.25) is 0 Å². The van der Waals surface area contributed by atoms with Crippen LogP contribution in [0.4, 0.5) is 10.2 Å². The van der Waals surface area contributed by atoms with Crippen LogP contribution in [0, 0.1) is 12.7 Å².